The van der Waals surface area contributed by atoms with Crippen LogP contribution in [0.15, 0.2) is 0 Å². The lowest BCUT2D eigenvalue weighted by atomic mass is 9.89. The third-order valence-electron chi connectivity index (χ3n) is 2.35. The van der Waals surface area contributed by atoms with Gasteiger partial charge in [0.2, 0.25) is 0 Å². The summed E-state index contributed by atoms with van der Waals surface area (Å²) in [5, 5.41) is 10.9. The quantitative estimate of drug-likeness (QED) is 0.632. The highest BCUT2D eigenvalue weighted by molar-refractivity contribution is 5.68. The molecule has 0 aromatic carbocycles. The van der Waals surface area contributed by atoms with Gasteiger partial charge in [0.05, 0.1) is 6.54 Å². The fraction of sp³-hybridized carbons (Fsp3) is 0.917. The predicted molar refractivity (Wildman–Crippen MR) is 68.5 cm³/mol. The zero-order valence-corrected chi connectivity index (χ0v) is 11.3. The van der Waals surface area contributed by atoms with Crippen molar-refractivity contribution >= 4 is 5.97 Å². The Morgan fingerprint density at radius 1 is 1.44 bits per heavy atom. The van der Waals surface area contributed by atoms with Crippen LogP contribution in [0.5, 0.6) is 0 Å². The minimum absolute atomic E-state index is 0.0833. The van der Waals surface area contributed by atoms with E-state index in [0.29, 0.717) is 6.04 Å². The summed E-state index contributed by atoms with van der Waals surface area (Å²) in [5.74, 6) is -0.786. The van der Waals surface area contributed by atoms with Crippen LogP contribution in [0.4, 0.5) is 0 Å². The Morgan fingerprint density at radius 3 is 2.12 bits per heavy atom. The van der Waals surface area contributed by atoms with Crippen LogP contribution in [-0.2, 0) is 4.79 Å². The van der Waals surface area contributed by atoms with Crippen LogP contribution < -0.4 is 11.1 Å². The van der Waals surface area contributed by atoms with Gasteiger partial charge in [-0.05, 0) is 25.3 Å². The summed E-state index contributed by atoms with van der Waals surface area (Å²) in [6, 6.07) is 0.299. The highest BCUT2D eigenvalue weighted by atomic mass is 16.4. The summed E-state index contributed by atoms with van der Waals surface area (Å²) in [6.45, 7) is 11.4. The Kier molecular flexibility index (Phi) is 10.7. The van der Waals surface area contributed by atoms with E-state index in [-0.39, 0.29) is 12.0 Å². The number of rotatable bonds is 5. The molecule has 0 spiro atoms. The molecular weight excluding hydrogens is 204 g/mol. The summed E-state index contributed by atoms with van der Waals surface area (Å²) in [6.07, 6.45) is 2.15. The van der Waals surface area contributed by atoms with E-state index >= 15 is 0 Å². The van der Waals surface area contributed by atoms with Crippen molar-refractivity contribution in [3.63, 3.8) is 0 Å². The molecule has 1 atom stereocenters. The average Bonchev–Trinajstić information content (AvgIpc) is 2.11. The third kappa shape index (κ3) is 15.8. The number of carboxylic acids is 1. The second-order valence-electron chi connectivity index (χ2n) is 5.08. The van der Waals surface area contributed by atoms with Crippen LogP contribution in [-0.4, -0.2) is 30.2 Å². The van der Waals surface area contributed by atoms with Gasteiger partial charge in [0.1, 0.15) is 0 Å². The molecule has 0 aliphatic heterocycles. The van der Waals surface area contributed by atoms with Crippen molar-refractivity contribution in [3.8, 4) is 0 Å². The number of nitrogens with one attached hydrogen (secondary N) is 1. The van der Waals surface area contributed by atoms with Crippen LogP contribution in [0.25, 0.3) is 0 Å². The third-order valence-corrected chi connectivity index (χ3v) is 2.35. The van der Waals surface area contributed by atoms with Gasteiger partial charge in [-0.1, -0.05) is 34.1 Å². The van der Waals surface area contributed by atoms with E-state index in [0.717, 1.165) is 19.4 Å². The summed E-state index contributed by atoms with van der Waals surface area (Å²) in [5.41, 5.74) is 5.85. The van der Waals surface area contributed by atoms with Gasteiger partial charge in [-0.2, -0.15) is 0 Å². The number of hydrogen-bond acceptors (Lipinski definition) is 3. The Hall–Kier alpha value is -0.610. The van der Waals surface area contributed by atoms with Crippen LogP contribution in [0.3, 0.4) is 0 Å². The Morgan fingerprint density at radius 2 is 1.88 bits per heavy atom. The van der Waals surface area contributed by atoms with Crippen molar-refractivity contribution in [1.29, 1.82) is 0 Å². The van der Waals surface area contributed by atoms with Gasteiger partial charge in [-0.25, -0.2) is 0 Å². The molecule has 0 radical (unpaired) electrons. The lowest BCUT2D eigenvalue weighted by Gasteiger charge is -2.22. The Bertz CT molecular complexity index is 174. The first-order chi connectivity index (χ1) is 7.21. The molecule has 0 saturated carbocycles. The summed E-state index contributed by atoms with van der Waals surface area (Å²) in [4.78, 5) is 9.90. The summed E-state index contributed by atoms with van der Waals surface area (Å²) >= 11 is 0. The number of unbranched alkanes of at least 4 members (excludes halogenated alkanes) is 1. The molecule has 0 aliphatic rings. The zero-order valence-electron chi connectivity index (χ0n) is 11.3. The van der Waals surface area contributed by atoms with Gasteiger partial charge in [0.25, 0.3) is 0 Å². The minimum Gasteiger partial charge on any atom is -0.480 e. The molecule has 4 N–H and O–H groups in total. The van der Waals surface area contributed by atoms with E-state index in [1.807, 2.05) is 6.92 Å². The first-order valence-electron chi connectivity index (χ1n) is 5.89. The molecule has 0 heterocycles. The van der Waals surface area contributed by atoms with Crippen LogP contribution in [0.1, 0.15) is 47.5 Å². The molecule has 1 unspecified atom stereocenters. The Balaban J connectivity index is 0. The standard InChI is InChI=1S/C6H13NO2.C6H15N/c1-2-3-4-7-5-6(8)9;1-5(7)6(2,3)4/h7H,2-5H2,1H3,(H,8,9);5H,7H2,1-4H3. The van der Waals surface area contributed by atoms with E-state index < -0.39 is 5.97 Å². The molecule has 4 nitrogen and oxygen atoms in total. The van der Waals surface area contributed by atoms with Gasteiger partial charge < -0.3 is 16.2 Å². The first-order valence-corrected chi connectivity index (χ1v) is 5.89. The van der Waals surface area contributed by atoms with Crippen LogP contribution in [0, 0.1) is 5.41 Å². The van der Waals surface area contributed by atoms with Crippen LogP contribution in [0.2, 0.25) is 0 Å². The minimum atomic E-state index is -0.786. The lowest BCUT2D eigenvalue weighted by Crippen LogP contribution is -2.31. The average molecular weight is 232 g/mol. The zero-order chi connectivity index (χ0) is 13.2. The van der Waals surface area contributed by atoms with Crippen molar-refractivity contribution in [2.24, 2.45) is 11.1 Å². The molecule has 0 bridgehead atoms. The van der Waals surface area contributed by atoms with Gasteiger partial charge in [0.15, 0.2) is 0 Å². The second-order valence-corrected chi connectivity index (χ2v) is 5.08. The van der Waals surface area contributed by atoms with Crippen molar-refractivity contribution < 1.29 is 9.90 Å². The van der Waals surface area contributed by atoms with Crippen molar-refractivity contribution in [2.45, 2.75) is 53.5 Å². The van der Waals surface area contributed by atoms with E-state index in [9.17, 15) is 4.79 Å². The monoisotopic (exact) mass is 232 g/mol. The maximum Gasteiger partial charge on any atom is 0.317 e. The molecular formula is C12H28N2O2. The number of carboxylic acid groups (broad SMARTS) is 1. The highest BCUT2D eigenvalue weighted by Crippen LogP contribution is 2.15. The van der Waals surface area contributed by atoms with Gasteiger partial charge in [-0.3, -0.25) is 4.79 Å². The van der Waals surface area contributed by atoms with Gasteiger partial charge in [-0.15, -0.1) is 0 Å². The van der Waals surface area contributed by atoms with Gasteiger partial charge >= 0.3 is 5.97 Å². The molecule has 0 saturated heterocycles. The summed E-state index contributed by atoms with van der Waals surface area (Å²) < 4.78 is 0. The molecule has 0 aromatic rings. The first kappa shape index (κ1) is 17.8. The second kappa shape index (κ2) is 9.60. The molecule has 98 valence electrons. The molecule has 0 amide bonds. The van der Waals surface area contributed by atoms with Gasteiger partial charge in [0, 0.05) is 6.04 Å². The lowest BCUT2D eigenvalue weighted by molar-refractivity contribution is -0.135. The van der Waals surface area contributed by atoms with Crippen molar-refractivity contribution in [3.05, 3.63) is 0 Å². The normalized spacial score (nSPS) is 12.6. The fourth-order valence-corrected chi connectivity index (χ4v) is 0.497. The SMILES string of the molecule is CC(N)C(C)(C)C.CCCCNCC(=O)O. The largest absolute Gasteiger partial charge is 0.480 e. The number of carbonyl (C=O) groups is 1. The smallest absolute Gasteiger partial charge is 0.317 e. The van der Waals surface area contributed by atoms with Crippen molar-refractivity contribution in [1.82, 2.24) is 5.32 Å². The van der Waals surface area contributed by atoms with Crippen LogP contribution >= 0.6 is 0 Å². The molecule has 0 aliphatic carbocycles. The highest BCUT2D eigenvalue weighted by Gasteiger charge is 2.14. The molecule has 16 heavy (non-hydrogen) atoms. The molecule has 4 heteroatoms. The number of nitrogens with two attached hydrogens (primary N) is 1. The molecule has 0 rings (SSSR count). The fourth-order valence-electron chi connectivity index (χ4n) is 0.497. The maximum absolute atomic E-state index is 9.90. The number of aliphatic carboxylic acids is 1. The van der Waals surface area contributed by atoms with E-state index in [1.54, 1.807) is 0 Å². The van der Waals surface area contributed by atoms with E-state index in [1.165, 1.54) is 0 Å². The summed E-state index contributed by atoms with van der Waals surface area (Å²) in [7, 11) is 0. The van der Waals surface area contributed by atoms with Crippen molar-refractivity contribution in [2.75, 3.05) is 13.1 Å². The molecule has 0 aromatic heterocycles. The predicted octanol–water partition coefficient (Wildman–Crippen LogP) is 1.84. The number of hydrogen-bond donors (Lipinski definition) is 3. The maximum atomic E-state index is 9.90. The topological polar surface area (TPSA) is 75.3 Å². The van der Waals surface area contributed by atoms with E-state index in [4.69, 9.17) is 10.8 Å². The Labute approximate surface area is 99.6 Å². The van der Waals surface area contributed by atoms with E-state index in [2.05, 4.69) is 33.0 Å². The molecule has 0 fully saturated rings.